The van der Waals surface area contributed by atoms with E-state index in [1.54, 1.807) is 53.2 Å². The first kappa shape index (κ1) is 30.5. The lowest BCUT2D eigenvalue weighted by molar-refractivity contribution is 0.410. The number of fused-ring (bicyclic) bond motifs is 1. The summed E-state index contributed by atoms with van der Waals surface area (Å²) in [7, 11) is -4.16. The van der Waals surface area contributed by atoms with Gasteiger partial charge >= 0.3 is 0 Å². The maximum atomic E-state index is 13.0. The van der Waals surface area contributed by atoms with Crippen LogP contribution in [0.5, 0.6) is 0 Å². The third-order valence-corrected chi connectivity index (χ3v) is 12.1. The van der Waals surface area contributed by atoms with E-state index in [1.165, 1.54) is 22.7 Å². The molecule has 14 heteroatoms. The largest absolute Gasteiger partial charge is 0.366 e. The van der Waals surface area contributed by atoms with Gasteiger partial charge in [-0.25, -0.2) is 30.6 Å². The molecule has 0 atom stereocenters. The Morgan fingerprint density at radius 1 is 0.909 bits per heavy atom. The van der Waals surface area contributed by atoms with Crippen LogP contribution in [0.25, 0.3) is 16.9 Å². The molecule has 6 rings (SSSR count). The molecule has 2 aliphatic rings. The number of rotatable bonds is 9. The van der Waals surface area contributed by atoms with Crippen LogP contribution in [0, 0.1) is 0 Å². The van der Waals surface area contributed by atoms with Crippen molar-refractivity contribution in [3.63, 3.8) is 0 Å². The van der Waals surface area contributed by atoms with Gasteiger partial charge in [0.15, 0.2) is 5.65 Å². The highest BCUT2D eigenvalue weighted by molar-refractivity contribution is 7.89. The molecular weight excluding hydrogens is 601 g/mol. The Hall–Kier alpha value is -3.56. The summed E-state index contributed by atoms with van der Waals surface area (Å²) in [6.07, 6.45) is 7.15. The fourth-order valence-electron chi connectivity index (χ4n) is 5.77. The van der Waals surface area contributed by atoms with E-state index in [-0.39, 0.29) is 21.9 Å². The van der Waals surface area contributed by atoms with E-state index in [0.717, 1.165) is 38.5 Å². The molecular formula is C30H38N8O4S2. The molecule has 2 aromatic heterocycles. The van der Waals surface area contributed by atoms with Gasteiger partial charge in [-0.3, -0.25) is 0 Å². The van der Waals surface area contributed by atoms with Crippen molar-refractivity contribution in [3.05, 3.63) is 60.8 Å². The van der Waals surface area contributed by atoms with Crippen molar-refractivity contribution in [2.45, 2.75) is 60.4 Å². The number of nitrogens with one attached hydrogen (secondary N) is 2. The minimum absolute atomic E-state index is 0.171. The van der Waals surface area contributed by atoms with Gasteiger partial charge in [-0.15, -0.1) is 5.10 Å². The van der Waals surface area contributed by atoms with Gasteiger partial charge in [0.1, 0.15) is 5.82 Å². The highest BCUT2D eigenvalue weighted by atomic mass is 32.2. The minimum atomic E-state index is -3.64. The zero-order valence-corrected chi connectivity index (χ0v) is 26.5. The van der Waals surface area contributed by atoms with Crippen LogP contribution in [0.1, 0.15) is 38.5 Å². The lowest BCUT2D eigenvalue weighted by Crippen LogP contribution is -2.33. The van der Waals surface area contributed by atoms with Crippen molar-refractivity contribution in [2.75, 3.05) is 37.8 Å². The summed E-state index contributed by atoms with van der Waals surface area (Å²) in [4.78, 5) is 5.09. The van der Waals surface area contributed by atoms with Gasteiger partial charge < -0.3 is 16.4 Å². The number of anilines is 3. The van der Waals surface area contributed by atoms with Crippen LogP contribution in [0.2, 0.25) is 0 Å². The zero-order chi connectivity index (χ0) is 31.1. The molecule has 0 bridgehead atoms. The Bertz CT molecular complexity index is 1860. The van der Waals surface area contributed by atoms with Crippen LogP contribution in [0.3, 0.4) is 0 Å². The first-order chi connectivity index (χ1) is 21.0. The molecule has 0 unspecified atom stereocenters. The quantitative estimate of drug-likeness (QED) is 0.248. The maximum absolute atomic E-state index is 13.0. The summed E-state index contributed by atoms with van der Waals surface area (Å²) in [5.74, 6) is 0.630. The predicted octanol–water partition coefficient (Wildman–Crippen LogP) is 3.86. The van der Waals surface area contributed by atoms with Crippen LogP contribution in [0.15, 0.2) is 70.6 Å². The van der Waals surface area contributed by atoms with Crippen LogP contribution in [-0.4, -0.2) is 79.3 Å². The van der Waals surface area contributed by atoms with Gasteiger partial charge in [-0.05, 0) is 74.9 Å². The SMILES string of the molecule is CN(C)S(=O)(=O)c1cccc(-c2cnc3c(Nc4ccc(S(=O)(=O)N5CCCC5)cc4)cc(NC4CCC(N)CC4)nn23)c1. The average Bonchev–Trinajstić information content (AvgIpc) is 3.70. The van der Waals surface area contributed by atoms with E-state index >= 15 is 0 Å². The second-order valence-electron chi connectivity index (χ2n) is 11.7. The molecule has 0 radical (unpaired) electrons. The number of nitrogens with zero attached hydrogens (tertiary/aromatic N) is 5. The molecule has 234 valence electrons. The molecule has 4 N–H and O–H groups in total. The number of sulfonamides is 2. The highest BCUT2D eigenvalue weighted by Crippen LogP contribution is 2.31. The highest BCUT2D eigenvalue weighted by Gasteiger charge is 2.27. The van der Waals surface area contributed by atoms with E-state index < -0.39 is 20.0 Å². The average molecular weight is 639 g/mol. The topological polar surface area (TPSA) is 155 Å². The van der Waals surface area contributed by atoms with E-state index in [2.05, 4.69) is 15.6 Å². The third kappa shape index (κ3) is 6.04. The molecule has 4 aromatic rings. The van der Waals surface area contributed by atoms with Crippen LogP contribution in [0.4, 0.5) is 17.2 Å². The number of hydrogen-bond donors (Lipinski definition) is 3. The molecule has 2 fully saturated rings. The number of hydrogen-bond acceptors (Lipinski definition) is 9. The normalized spacial score (nSPS) is 19.9. The molecule has 0 amide bonds. The van der Waals surface area contributed by atoms with Crippen molar-refractivity contribution in [2.24, 2.45) is 5.73 Å². The third-order valence-electron chi connectivity index (χ3n) is 8.34. The number of nitrogens with two attached hydrogens (primary N) is 1. The van der Waals surface area contributed by atoms with E-state index in [4.69, 9.17) is 10.8 Å². The Morgan fingerprint density at radius 3 is 2.30 bits per heavy atom. The van der Waals surface area contributed by atoms with Crippen LogP contribution < -0.4 is 16.4 Å². The van der Waals surface area contributed by atoms with Crippen molar-refractivity contribution < 1.29 is 16.8 Å². The summed E-state index contributed by atoms with van der Waals surface area (Å²) >= 11 is 0. The van der Waals surface area contributed by atoms with Crippen LogP contribution in [-0.2, 0) is 20.0 Å². The van der Waals surface area contributed by atoms with Gasteiger partial charge in [0.2, 0.25) is 20.0 Å². The summed E-state index contributed by atoms with van der Waals surface area (Å²) in [6, 6.07) is 15.8. The fourth-order valence-corrected chi connectivity index (χ4v) is 8.24. The Balaban J connectivity index is 1.37. The molecule has 3 heterocycles. The van der Waals surface area contributed by atoms with E-state index in [9.17, 15) is 16.8 Å². The molecule has 1 saturated carbocycles. The Labute approximate surface area is 258 Å². The maximum Gasteiger partial charge on any atom is 0.243 e. The minimum Gasteiger partial charge on any atom is -0.366 e. The van der Waals surface area contributed by atoms with Gasteiger partial charge in [0.05, 0.1) is 27.4 Å². The fraction of sp³-hybridized carbons (Fsp3) is 0.400. The monoisotopic (exact) mass is 638 g/mol. The van der Waals surface area contributed by atoms with Gasteiger partial charge in [-0.2, -0.15) is 4.31 Å². The van der Waals surface area contributed by atoms with Crippen molar-refractivity contribution in [1.29, 1.82) is 0 Å². The summed E-state index contributed by atoms with van der Waals surface area (Å²) in [6.45, 7) is 1.10. The molecule has 0 spiro atoms. The standard InChI is InChI=1S/C30H38N8O4S2/c1-36(2)43(39,40)26-7-5-6-21(18-26)28-20-32-30-27(19-29(35-38(28)30)34-24-10-8-22(31)9-11-24)33-23-12-14-25(15-13-23)44(41,42)37-16-3-4-17-37/h5-7,12-15,18-20,22,24,33H,3-4,8-11,16-17,31H2,1-2H3,(H,34,35). The van der Waals surface area contributed by atoms with E-state index in [1.807, 2.05) is 12.1 Å². The molecule has 2 aromatic carbocycles. The first-order valence-corrected chi connectivity index (χ1v) is 17.7. The van der Waals surface area contributed by atoms with Crippen molar-refractivity contribution in [3.8, 4) is 11.3 Å². The lowest BCUT2D eigenvalue weighted by Gasteiger charge is -2.27. The number of imidazole rings is 1. The second-order valence-corrected chi connectivity index (χ2v) is 15.7. The van der Waals surface area contributed by atoms with Crippen molar-refractivity contribution in [1.82, 2.24) is 23.2 Å². The number of benzene rings is 2. The zero-order valence-electron chi connectivity index (χ0n) is 24.8. The van der Waals surface area contributed by atoms with Gasteiger partial charge in [0, 0.05) is 56.6 Å². The van der Waals surface area contributed by atoms with Gasteiger partial charge in [0.25, 0.3) is 0 Å². The predicted molar refractivity (Wildman–Crippen MR) is 171 cm³/mol. The molecule has 12 nitrogen and oxygen atoms in total. The lowest BCUT2D eigenvalue weighted by atomic mass is 9.92. The van der Waals surface area contributed by atoms with E-state index in [0.29, 0.717) is 47.2 Å². The Morgan fingerprint density at radius 2 is 1.61 bits per heavy atom. The molecule has 1 aliphatic heterocycles. The first-order valence-electron chi connectivity index (χ1n) is 14.8. The number of aromatic nitrogens is 3. The summed E-state index contributed by atoms with van der Waals surface area (Å²) in [5, 5.41) is 11.8. The second kappa shape index (κ2) is 12.1. The summed E-state index contributed by atoms with van der Waals surface area (Å²) in [5.41, 5.74) is 9.29. The molecule has 44 heavy (non-hydrogen) atoms. The van der Waals surface area contributed by atoms with Gasteiger partial charge in [-0.1, -0.05) is 12.1 Å². The Kier molecular flexibility index (Phi) is 8.37. The molecule has 1 aliphatic carbocycles. The molecule has 1 saturated heterocycles. The van der Waals surface area contributed by atoms with Crippen LogP contribution >= 0.6 is 0 Å². The van der Waals surface area contributed by atoms with Crippen molar-refractivity contribution >= 4 is 42.9 Å². The smallest absolute Gasteiger partial charge is 0.243 e. The summed E-state index contributed by atoms with van der Waals surface area (Å²) < 4.78 is 56.2.